The summed E-state index contributed by atoms with van der Waals surface area (Å²) in [4.78, 5) is 16.1. The van der Waals surface area contributed by atoms with Gasteiger partial charge in [-0.3, -0.25) is 0 Å². The summed E-state index contributed by atoms with van der Waals surface area (Å²) in [7, 11) is -2.91. The third kappa shape index (κ3) is 4.31. The summed E-state index contributed by atoms with van der Waals surface area (Å²) in [6.45, 7) is 0.728. The van der Waals surface area contributed by atoms with E-state index in [0.717, 1.165) is 5.56 Å². The molecule has 0 aromatic carbocycles. The van der Waals surface area contributed by atoms with Crippen LogP contribution in [0.2, 0.25) is 0 Å². The van der Waals surface area contributed by atoms with Crippen LogP contribution in [0.15, 0.2) is 36.8 Å². The first kappa shape index (κ1) is 16.4. The fraction of sp³-hybridized carbons (Fsp3) is 0.400. The smallest absolute Gasteiger partial charge is 0.315 e. The molecule has 1 saturated heterocycles. The van der Waals surface area contributed by atoms with Gasteiger partial charge >= 0.3 is 6.03 Å². The summed E-state index contributed by atoms with van der Waals surface area (Å²) in [5.41, 5.74) is 0.897. The Bertz CT molecular complexity index is 804. The van der Waals surface area contributed by atoms with Gasteiger partial charge in [-0.05, 0) is 36.1 Å². The van der Waals surface area contributed by atoms with Crippen LogP contribution >= 0.6 is 0 Å². The van der Waals surface area contributed by atoms with Crippen molar-refractivity contribution in [3.8, 4) is 5.82 Å². The van der Waals surface area contributed by atoms with Crippen molar-refractivity contribution in [2.45, 2.75) is 13.0 Å². The summed E-state index contributed by atoms with van der Waals surface area (Å²) in [5.74, 6) is 1.06. The van der Waals surface area contributed by atoms with E-state index in [9.17, 15) is 13.2 Å². The number of hydrogen-bond donors (Lipinski definition) is 2. The van der Waals surface area contributed by atoms with Crippen molar-refractivity contribution in [3.05, 3.63) is 42.4 Å². The van der Waals surface area contributed by atoms with E-state index >= 15 is 0 Å². The zero-order valence-corrected chi connectivity index (χ0v) is 13.9. The van der Waals surface area contributed by atoms with Crippen molar-refractivity contribution >= 4 is 15.9 Å². The number of carbonyl (C=O) groups excluding carboxylic acids is 1. The predicted octanol–water partition coefficient (Wildman–Crippen LogP) is 0.501. The molecule has 128 valence electrons. The zero-order valence-electron chi connectivity index (χ0n) is 13.1. The second kappa shape index (κ2) is 7.00. The number of nitrogens with zero attached hydrogens (tertiary/aromatic N) is 3. The largest absolute Gasteiger partial charge is 0.338 e. The molecular formula is C15H19N5O3S. The minimum atomic E-state index is -2.91. The van der Waals surface area contributed by atoms with Gasteiger partial charge in [0.2, 0.25) is 0 Å². The van der Waals surface area contributed by atoms with Gasteiger partial charge in [-0.25, -0.2) is 22.9 Å². The predicted molar refractivity (Wildman–Crippen MR) is 88.4 cm³/mol. The van der Waals surface area contributed by atoms with Gasteiger partial charge in [-0.15, -0.1) is 0 Å². The van der Waals surface area contributed by atoms with E-state index in [1.807, 2.05) is 18.2 Å². The molecule has 2 N–H and O–H groups in total. The molecule has 3 heterocycles. The average molecular weight is 349 g/mol. The molecule has 2 aromatic heterocycles. The zero-order chi connectivity index (χ0) is 17.0. The molecule has 0 unspecified atom stereocenters. The van der Waals surface area contributed by atoms with E-state index < -0.39 is 9.84 Å². The Labute approximate surface area is 140 Å². The lowest BCUT2D eigenvalue weighted by Gasteiger charge is -2.11. The van der Waals surface area contributed by atoms with E-state index in [1.165, 1.54) is 0 Å². The van der Waals surface area contributed by atoms with E-state index in [1.54, 1.807) is 23.3 Å². The van der Waals surface area contributed by atoms with Crippen LogP contribution in [0, 0.1) is 5.92 Å². The number of urea groups is 1. The monoisotopic (exact) mass is 349 g/mol. The summed E-state index contributed by atoms with van der Waals surface area (Å²) >= 11 is 0. The first-order chi connectivity index (χ1) is 11.5. The maximum Gasteiger partial charge on any atom is 0.315 e. The van der Waals surface area contributed by atoms with Crippen LogP contribution in [0.25, 0.3) is 5.82 Å². The van der Waals surface area contributed by atoms with Gasteiger partial charge < -0.3 is 10.6 Å². The molecule has 1 aliphatic rings. The minimum Gasteiger partial charge on any atom is -0.338 e. The third-order valence-corrected chi connectivity index (χ3v) is 5.72. The first-order valence-corrected chi connectivity index (χ1v) is 9.51. The number of sulfone groups is 1. The number of carbonyl (C=O) groups is 1. The van der Waals surface area contributed by atoms with Crippen LogP contribution in [0.1, 0.15) is 12.0 Å². The molecule has 1 aliphatic heterocycles. The standard InChI is InChI=1S/C15H19N5O3S/c21-15(18-10-13-3-7-24(22,23)11-13)17-9-12-2-5-16-14(8-12)20-6-1-4-19-20/h1-2,4-6,8,13H,3,7,9-11H2,(H2,17,18,21)/t13-/m0/s1. The molecule has 1 atom stereocenters. The van der Waals surface area contributed by atoms with Crippen molar-refractivity contribution < 1.29 is 13.2 Å². The van der Waals surface area contributed by atoms with Crippen molar-refractivity contribution in [1.29, 1.82) is 0 Å². The van der Waals surface area contributed by atoms with Gasteiger partial charge in [0.05, 0.1) is 11.5 Å². The highest BCUT2D eigenvalue weighted by atomic mass is 32.2. The highest BCUT2D eigenvalue weighted by molar-refractivity contribution is 7.91. The van der Waals surface area contributed by atoms with Gasteiger partial charge in [-0.1, -0.05) is 0 Å². The molecule has 2 amide bonds. The summed E-state index contributed by atoms with van der Waals surface area (Å²) < 4.78 is 24.4. The summed E-state index contributed by atoms with van der Waals surface area (Å²) in [6, 6.07) is 5.16. The molecular weight excluding hydrogens is 330 g/mol. The number of rotatable bonds is 5. The first-order valence-electron chi connectivity index (χ1n) is 7.69. The van der Waals surface area contributed by atoms with Crippen LogP contribution in [-0.4, -0.2) is 47.3 Å². The molecule has 3 rings (SSSR count). The normalized spacial score (nSPS) is 19.1. The maximum atomic E-state index is 11.8. The molecule has 1 fully saturated rings. The molecule has 0 radical (unpaired) electrons. The number of hydrogen-bond acceptors (Lipinski definition) is 5. The number of pyridine rings is 1. The Morgan fingerprint density at radius 2 is 2.21 bits per heavy atom. The molecule has 8 nitrogen and oxygen atoms in total. The highest BCUT2D eigenvalue weighted by Crippen LogP contribution is 2.17. The van der Waals surface area contributed by atoms with Crippen LogP contribution in [0.4, 0.5) is 4.79 Å². The molecule has 2 aromatic rings. The Morgan fingerprint density at radius 1 is 1.33 bits per heavy atom. The van der Waals surface area contributed by atoms with Gasteiger partial charge in [0.25, 0.3) is 0 Å². The van der Waals surface area contributed by atoms with Crippen molar-refractivity contribution in [3.63, 3.8) is 0 Å². The second-order valence-electron chi connectivity index (χ2n) is 5.81. The van der Waals surface area contributed by atoms with E-state index in [0.29, 0.717) is 25.3 Å². The van der Waals surface area contributed by atoms with Crippen LogP contribution in [-0.2, 0) is 16.4 Å². The number of aromatic nitrogens is 3. The average Bonchev–Trinajstić information content (AvgIpc) is 3.21. The molecule has 0 spiro atoms. The quantitative estimate of drug-likeness (QED) is 0.818. The van der Waals surface area contributed by atoms with E-state index in [2.05, 4.69) is 20.7 Å². The Hall–Kier alpha value is -2.42. The van der Waals surface area contributed by atoms with Crippen LogP contribution in [0.3, 0.4) is 0 Å². The highest BCUT2D eigenvalue weighted by Gasteiger charge is 2.27. The number of amides is 2. The van der Waals surface area contributed by atoms with Gasteiger partial charge in [-0.2, -0.15) is 5.10 Å². The lowest BCUT2D eigenvalue weighted by Crippen LogP contribution is -2.38. The second-order valence-corrected chi connectivity index (χ2v) is 8.03. The number of nitrogens with one attached hydrogen (secondary N) is 2. The molecule has 0 saturated carbocycles. The Balaban J connectivity index is 1.47. The van der Waals surface area contributed by atoms with Crippen LogP contribution < -0.4 is 10.6 Å². The fourth-order valence-electron chi connectivity index (χ4n) is 2.62. The topological polar surface area (TPSA) is 106 Å². The van der Waals surface area contributed by atoms with Crippen LogP contribution in [0.5, 0.6) is 0 Å². The summed E-state index contributed by atoms with van der Waals surface area (Å²) in [6.07, 6.45) is 5.74. The fourth-order valence-corrected chi connectivity index (χ4v) is 4.48. The molecule has 0 bridgehead atoms. The summed E-state index contributed by atoms with van der Waals surface area (Å²) in [5, 5.41) is 9.60. The SMILES string of the molecule is O=C(NCc1ccnc(-n2cccn2)c1)NC[C@@H]1CCS(=O)(=O)C1. The molecule has 24 heavy (non-hydrogen) atoms. The minimum absolute atomic E-state index is 0.00749. The van der Waals surface area contributed by atoms with Gasteiger partial charge in [0.15, 0.2) is 15.7 Å². The van der Waals surface area contributed by atoms with Gasteiger partial charge in [0.1, 0.15) is 0 Å². The lowest BCUT2D eigenvalue weighted by atomic mass is 10.1. The molecule has 9 heteroatoms. The Kier molecular flexibility index (Phi) is 4.79. The lowest BCUT2D eigenvalue weighted by molar-refractivity contribution is 0.239. The van der Waals surface area contributed by atoms with Crippen molar-refractivity contribution in [2.75, 3.05) is 18.1 Å². The van der Waals surface area contributed by atoms with E-state index in [4.69, 9.17) is 0 Å². The van der Waals surface area contributed by atoms with Crippen molar-refractivity contribution in [2.24, 2.45) is 5.92 Å². The molecule has 0 aliphatic carbocycles. The van der Waals surface area contributed by atoms with Crippen molar-refractivity contribution in [1.82, 2.24) is 25.4 Å². The Morgan fingerprint density at radius 3 is 2.92 bits per heavy atom. The van der Waals surface area contributed by atoms with E-state index in [-0.39, 0.29) is 23.5 Å². The maximum absolute atomic E-state index is 11.8. The van der Waals surface area contributed by atoms with Gasteiger partial charge in [0, 0.05) is 31.7 Å². The third-order valence-electron chi connectivity index (χ3n) is 3.88.